The molecule has 0 saturated heterocycles. The van der Waals surface area contributed by atoms with Crippen LogP contribution in [-0.2, 0) is 13.1 Å². The summed E-state index contributed by atoms with van der Waals surface area (Å²) in [6, 6.07) is 15.1. The molecule has 154 valence electrons. The molecule has 1 N–H and O–H groups in total. The molecule has 0 bridgehead atoms. The first-order chi connectivity index (χ1) is 14.5. The lowest BCUT2D eigenvalue weighted by atomic mass is 10.1. The maximum atomic E-state index is 12.2. The number of halogens is 1. The van der Waals surface area contributed by atoms with Gasteiger partial charge in [-0.05, 0) is 61.4 Å². The number of hydrogen-bond acceptors (Lipinski definition) is 4. The predicted octanol–water partition coefficient (Wildman–Crippen LogP) is 4.91. The Hall–Kier alpha value is -3.25. The van der Waals surface area contributed by atoms with Gasteiger partial charge < -0.3 is 19.0 Å². The highest BCUT2D eigenvalue weighted by Crippen LogP contribution is 2.26. The molecule has 7 heteroatoms. The van der Waals surface area contributed by atoms with Crippen molar-refractivity contribution in [3.63, 3.8) is 0 Å². The van der Waals surface area contributed by atoms with Crippen molar-refractivity contribution < 1.29 is 13.9 Å². The normalized spacial score (nSPS) is 11.0. The number of fused-ring (bicyclic) bond motifs is 1. The third-order valence-electron chi connectivity index (χ3n) is 4.88. The second kappa shape index (κ2) is 8.63. The van der Waals surface area contributed by atoms with E-state index in [0.29, 0.717) is 13.2 Å². The maximum absolute atomic E-state index is 12.2. The number of benzene rings is 2. The van der Waals surface area contributed by atoms with Crippen LogP contribution in [0.2, 0.25) is 5.02 Å². The summed E-state index contributed by atoms with van der Waals surface area (Å²) in [4.78, 5) is 16.9. The third-order valence-corrected chi connectivity index (χ3v) is 5.48. The maximum Gasteiger partial charge on any atom is 0.287 e. The molecule has 30 heavy (non-hydrogen) atoms. The first-order valence-corrected chi connectivity index (χ1v) is 10.1. The summed E-state index contributed by atoms with van der Waals surface area (Å²) in [7, 11) is 0. The van der Waals surface area contributed by atoms with Crippen molar-refractivity contribution in [3.05, 3.63) is 82.5 Å². The van der Waals surface area contributed by atoms with E-state index in [1.807, 2.05) is 50.2 Å². The van der Waals surface area contributed by atoms with E-state index in [9.17, 15) is 4.79 Å². The fraction of sp³-hybridized carbons (Fsp3) is 0.217. The van der Waals surface area contributed by atoms with Gasteiger partial charge in [0.1, 0.15) is 18.2 Å². The zero-order valence-electron chi connectivity index (χ0n) is 16.8. The number of imidazole rings is 1. The molecule has 0 saturated carbocycles. The molecular formula is C23H22ClN3O3. The predicted molar refractivity (Wildman–Crippen MR) is 116 cm³/mol. The average molecular weight is 424 g/mol. The van der Waals surface area contributed by atoms with Crippen LogP contribution in [0.3, 0.4) is 0 Å². The number of hydrogen-bond donors (Lipinski definition) is 1. The quantitative estimate of drug-likeness (QED) is 0.458. The van der Waals surface area contributed by atoms with Gasteiger partial charge in [-0.2, -0.15) is 0 Å². The number of carbonyl (C=O) groups excluding carboxylic acids is 1. The van der Waals surface area contributed by atoms with Crippen LogP contribution in [0, 0.1) is 13.8 Å². The summed E-state index contributed by atoms with van der Waals surface area (Å²) in [6.07, 6.45) is 1.47. The van der Waals surface area contributed by atoms with Gasteiger partial charge >= 0.3 is 0 Å². The molecule has 4 rings (SSSR count). The second-order valence-electron chi connectivity index (χ2n) is 7.05. The van der Waals surface area contributed by atoms with Gasteiger partial charge in [-0.1, -0.05) is 23.7 Å². The van der Waals surface area contributed by atoms with Crippen LogP contribution < -0.4 is 10.1 Å². The molecular weight excluding hydrogens is 402 g/mol. The van der Waals surface area contributed by atoms with E-state index in [-0.39, 0.29) is 18.2 Å². The Balaban J connectivity index is 1.49. The van der Waals surface area contributed by atoms with E-state index in [0.717, 1.165) is 38.8 Å². The number of aromatic nitrogens is 2. The Morgan fingerprint density at radius 3 is 2.67 bits per heavy atom. The molecule has 0 aliphatic heterocycles. The van der Waals surface area contributed by atoms with Crippen molar-refractivity contribution in [2.45, 2.75) is 26.9 Å². The number of furan rings is 1. The van der Waals surface area contributed by atoms with Crippen LogP contribution in [-0.4, -0.2) is 22.1 Å². The zero-order chi connectivity index (χ0) is 21.1. The van der Waals surface area contributed by atoms with Crippen LogP contribution in [0.4, 0.5) is 0 Å². The molecule has 1 amide bonds. The molecule has 2 aromatic carbocycles. The zero-order valence-corrected chi connectivity index (χ0v) is 17.6. The van der Waals surface area contributed by atoms with Gasteiger partial charge in [-0.3, -0.25) is 4.79 Å². The molecule has 4 aromatic rings. The van der Waals surface area contributed by atoms with E-state index in [4.69, 9.17) is 20.8 Å². The SMILES string of the molecule is Cc1cc(OCCn2c(CNC(=O)c3ccco3)nc3ccccc32)cc(C)c1Cl. The molecule has 0 spiro atoms. The monoisotopic (exact) mass is 423 g/mol. The standard InChI is InChI=1S/C23H22ClN3O3/c1-15-12-17(13-16(2)22(15)24)29-11-9-27-19-7-4-3-6-18(19)26-21(27)14-25-23(28)20-8-5-10-30-20/h3-8,10,12-13H,9,11,14H2,1-2H3,(H,25,28). The van der Waals surface area contributed by atoms with Crippen LogP contribution in [0.5, 0.6) is 5.75 Å². The summed E-state index contributed by atoms with van der Waals surface area (Å²) in [5.74, 6) is 1.53. The minimum atomic E-state index is -0.276. The number of nitrogens with zero attached hydrogens (tertiary/aromatic N) is 2. The molecule has 0 aliphatic rings. The van der Waals surface area contributed by atoms with Crippen LogP contribution in [0.25, 0.3) is 11.0 Å². The first-order valence-electron chi connectivity index (χ1n) is 9.68. The summed E-state index contributed by atoms with van der Waals surface area (Å²) >= 11 is 6.24. The van der Waals surface area contributed by atoms with Gasteiger partial charge in [-0.15, -0.1) is 0 Å². The number of amides is 1. The minimum Gasteiger partial charge on any atom is -0.492 e. The number of para-hydroxylation sites is 2. The Bertz CT molecular complexity index is 1160. The van der Waals surface area contributed by atoms with Crippen LogP contribution in [0.15, 0.2) is 59.2 Å². The second-order valence-corrected chi connectivity index (χ2v) is 7.43. The summed E-state index contributed by atoms with van der Waals surface area (Å²) in [5.41, 5.74) is 3.84. The minimum absolute atomic E-state index is 0.273. The largest absolute Gasteiger partial charge is 0.492 e. The van der Waals surface area contributed by atoms with Crippen LogP contribution >= 0.6 is 11.6 Å². The number of ether oxygens (including phenoxy) is 1. The summed E-state index contributed by atoms with van der Waals surface area (Å²) in [5, 5.41) is 3.62. The Morgan fingerprint density at radius 1 is 1.17 bits per heavy atom. The molecule has 2 heterocycles. The topological polar surface area (TPSA) is 69.3 Å². The number of aryl methyl sites for hydroxylation is 2. The van der Waals surface area contributed by atoms with Crippen molar-refractivity contribution in [1.29, 1.82) is 0 Å². The van der Waals surface area contributed by atoms with Crippen LogP contribution in [0.1, 0.15) is 27.5 Å². The molecule has 6 nitrogen and oxygen atoms in total. The highest BCUT2D eigenvalue weighted by molar-refractivity contribution is 6.32. The Labute approximate surface area is 179 Å². The summed E-state index contributed by atoms with van der Waals surface area (Å²) < 4.78 is 13.2. The van der Waals surface area contributed by atoms with E-state index in [2.05, 4.69) is 14.9 Å². The van der Waals surface area contributed by atoms with E-state index in [1.54, 1.807) is 12.1 Å². The summed E-state index contributed by atoms with van der Waals surface area (Å²) in [6.45, 7) is 5.26. The van der Waals surface area contributed by atoms with E-state index in [1.165, 1.54) is 6.26 Å². The van der Waals surface area contributed by atoms with Gasteiger partial charge in [0.2, 0.25) is 0 Å². The molecule has 0 aliphatic carbocycles. The van der Waals surface area contributed by atoms with Gasteiger partial charge in [0.25, 0.3) is 5.91 Å². The smallest absolute Gasteiger partial charge is 0.287 e. The van der Waals surface area contributed by atoms with E-state index < -0.39 is 0 Å². The van der Waals surface area contributed by atoms with Crippen molar-refractivity contribution >= 4 is 28.5 Å². The number of rotatable bonds is 7. The van der Waals surface area contributed by atoms with Gasteiger partial charge in [0.05, 0.1) is 30.4 Å². The van der Waals surface area contributed by atoms with Crippen molar-refractivity contribution in [1.82, 2.24) is 14.9 Å². The lowest BCUT2D eigenvalue weighted by Gasteiger charge is -2.13. The molecule has 0 radical (unpaired) electrons. The lowest BCUT2D eigenvalue weighted by Crippen LogP contribution is -2.25. The number of carbonyl (C=O) groups is 1. The van der Waals surface area contributed by atoms with E-state index >= 15 is 0 Å². The van der Waals surface area contributed by atoms with Crippen molar-refractivity contribution in [3.8, 4) is 5.75 Å². The third kappa shape index (κ3) is 4.19. The number of nitrogens with one attached hydrogen (secondary N) is 1. The molecule has 2 aromatic heterocycles. The highest BCUT2D eigenvalue weighted by Gasteiger charge is 2.14. The fourth-order valence-electron chi connectivity index (χ4n) is 3.41. The Morgan fingerprint density at radius 2 is 1.93 bits per heavy atom. The van der Waals surface area contributed by atoms with Gasteiger partial charge in [0, 0.05) is 5.02 Å². The molecule has 0 unspecified atom stereocenters. The van der Waals surface area contributed by atoms with Crippen molar-refractivity contribution in [2.75, 3.05) is 6.61 Å². The molecule has 0 fully saturated rings. The molecule has 0 atom stereocenters. The van der Waals surface area contributed by atoms with Gasteiger partial charge in [-0.25, -0.2) is 4.98 Å². The average Bonchev–Trinajstić information content (AvgIpc) is 3.39. The fourth-order valence-corrected chi connectivity index (χ4v) is 3.52. The Kier molecular flexibility index (Phi) is 5.77. The van der Waals surface area contributed by atoms with Crippen molar-refractivity contribution in [2.24, 2.45) is 0 Å². The highest BCUT2D eigenvalue weighted by atomic mass is 35.5. The lowest BCUT2D eigenvalue weighted by molar-refractivity contribution is 0.0921. The van der Waals surface area contributed by atoms with Gasteiger partial charge in [0.15, 0.2) is 5.76 Å². The first kappa shape index (κ1) is 20.0.